The van der Waals surface area contributed by atoms with E-state index >= 15 is 0 Å². The lowest BCUT2D eigenvalue weighted by molar-refractivity contribution is -0.134. The maximum Gasteiger partial charge on any atom is 0.237 e. The van der Waals surface area contributed by atoms with Crippen molar-refractivity contribution >= 4 is 17.5 Å². The number of nitrogens with zero attached hydrogens (tertiary/aromatic N) is 2. The van der Waals surface area contributed by atoms with Gasteiger partial charge in [0, 0.05) is 31.6 Å². The molecule has 2 amide bonds. The van der Waals surface area contributed by atoms with Crippen LogP contribution in [0.3, 0.4) is 0 Å². The monoisotopic (exact) mass is 367 g/mol. The van der Waals surface area contributed by atoms with Crippen LogP contribution in [-0.4, -0.2) is 41.9 Å². The summed E-state index contributed by atoms with van der Waals surface area (Å²) >= 11 is 0. The highest BCUT2D eigenvalue weighted by molar-refractivity contribution is 5.93. The van der Waals surface area contributed by atoms with E-state index in [0.29, 0.717) is 43.9 Å². The molecule has 0 spiro atoms. The van der Waals surface area contributed by atoms with Crippen LogP contribution in [0.2, 0.25) is 0 Å². The molecule has 0 radical (unpaired) electrons. The molecular weight excluding hydrogens is 342 g/mol. The van der Waals surface area contributed by atoms with Gasteiger partial charge in [-0.2, -0.15) is 0 Å². The molecule has 6 heteroatoms. The van der Waals surface area contributed by atoms with Gasteiger partial charge in [-0.3, -0.25) is 9.59 Å². The zero-order valence-electron chi connectivity index (χ0n) is 15.6. The molecule has 1 aromatic carbocycles. The van der Waals surface area contributed by atoms with Crippen LogP contribution in [-0.2, 0) is 16.0 Å². The fourth-order valence-corrected chi connectivity index (χ4v) is 3.33. The first-order valence-corrected chi connectivity index (χ1v) is 9.29. The van der Waals surface area contributed by atoms with Gasteiger partial charge in [0.05, 0.1) is 7.11 Å². The second-order valence-electron chi connectivity index (χ2n) is 6.69. The molecule has 6 nitrogen and oxygen atoms in total. The van der Waals surface area contributed by atoms with Gasteiger partial charge in [0.2, 0.25) is 17.7 Å². The van der Waals surface area contributed by atoms with Crippen LogP contribution in [0.5, 0.6) is 5.88 Å². The second-order valence-corrected chi connectivity index (χ2v) is 6.69. The van der Waals surface area contributed by atoms with Crippen molar-refractivity contribution in [1.29, 1.82) is 0 Å². The Balaban J connectivity index is 1.46. The number of rotatable bonds is 6. The molecule has 0 saturated carbocycles. The average Bonchev–Trinajstić information content (AvgIpc) is 2.73. The molecule has 1 aromatic heterocycles. The predicted octanol–water partition coefficient (Wildman–Crippen LogP) is 2.90. The van der Waals surface area contributed by atoms with Crippen LogP contribution in [0.15, 0.2) is 48.7 Å². The zero-order valence-corrected chi connectivity index (χ0v) is 15.6. The minimum Gasteiger partial charge on any atom is -0.480 e. The Morgan fingerprint density at radius 2 is 1.89 bits per heavy atom. The summed E-state index contributed by atoms with van der Waals surface area (Å²) in [5.74, 6) is 0.414. The van der Waals surface area contributed by atoms with E-state index in [1.807, 2.05) is 35.2 Å². The standard InChI is InChI=1S/C21H25N3O3/c1-27-21-18(8-5-13-22-21)23-20(26)17-11-14-24(15-12-17)19(25)10-9-16-6-3-2-4-7-16/h2-8,13,17H,9-12,14-15H2,1H3,(H,23,26). The highest BCUT2D eigenvalue weighted by atomic mass is 16.5. The van der Waals surface area contributed by atoms with Crippen LogP contribution in [0.4, 0.5) is 5.69 Å². The number of likely N-dealkylation sites (tertiary alicyclic amines) is 1. The Morgan fingerprint density at radius 3 is 2.59 bits per heavy atom. The van der Waals surface area contributed by atoms with Gasteiger partial charge in [-0.1, -0.05) is 30.3 Å². The van der Waals surface area contributed by atoms with Gasteiger partial charge in [-0.25, -0.2) is 4.98 Å². The van der Waals surface area contributed by atoms with Gasteiger partial charge in [0.15, 0.2) is 0 Å². The summed E-state index contributed by atoms with van der Waals surface area (Å²) < 4.78 is 5.17. The summed E-state index contributed by atoms with van der Waals surface area (Å²) in [7, 11) is 1.53. The van der Waals surface area contributed by atoms with Crippen molar-refractivity contribution < 1.29 is 14.3 Å². The number of hydrogen-bond donors (Lipinski definition) is 1. The van der Waals surface area contributed by atoms with E-state index in [-0.39, 0.29) is 17.7 Å². The van der Waals surface area contributed by atoms with Crippen LogP contribution in [0.1, 0.15) is 24.8 Å². The summed E-state index contributed by atoms with van der Waals surface area (Å²) in [5.41, 5.74) is 1.75. The number of pyridine rings is 1. The SMILES string of the molecule is COc1ncccc1NC(=O)C1CCN(C(=O)CCc2ccccc2)CC1. The third-order valence-corrected chi connectivity index (χ3v) is 4.91. The molecule has 0 unspecified atom stereocenters. The lowest BCUT2D eigenvalue weighted by atomic mass is 9.95. The molecule has 2 aromatic rings. The molecule has 1 aliphatic rings. The van der Waals surface area contributed by atoms with Gasteiger partial charge >= 0.3 is 0 Å². The van der Waals surface area contributed by atoms with Gasteiger partial charge in [-0.15, -0.1) is 0 Å². The lowest BCUT2D eigenvalue weighted by Gasteiger charge is -2.31. The fourth-order valence-electron chi connectivity index (χ4n) is 3.33. The van der Waals surface area contributed by atoms with E-state index < -0.39 is 0 Å². The largest absolute Gasteiger partial charge is 0.480 e. The minimum atomic E-state index is -0.104. The van der Waals surface area contributed by atoms with Crippen LogP contribution >= 0.6 is 0 Å². The van der Waals surface area contributed by atoms with E-state index in [1.54, 1.807) is 18.3 Å². The number of carbonyl (C=O) groups is 2. The molecular formula is C21H25N3O3. The molecule has 1 aliphatic heterocycles. The molecule has 0 aliphatic carbocycles. The van der Waals surface area contributed by atoms with Crippen molar-refractivity contribution in [2.24, 2.45) is 5.92 Å². The van der Waals surface area contributed by atoms with Crippen molar-refractivity contribution in [2.45, 2.75) is 25.7 Å². The summed E-state index contributed by atoms with van der Waals surface area (Å²) in [6.45, 7) is 1.24. The van der Waals surface area contributed by atoms with Gasteiger partial charge in [-0.05, 0) is 37.0 Å². The van der Waals surface area contributed by atoms with Crippen molar-refractivity contribution in [3.8, 4) is 5.88 Å². The van der Waals surface area contributed by atoms with E-state index in [9.17, 15) is 9.59 Å². The van der Waals surface area contributed by atoms with Crippen LogP contribution < -0.4 is 10.1 Å². The normalized spacial score (nSPS) is 14.6. The highest BCUT2D eigenvalue weighted by Crippen LogP contribution is 2.24. The smallest absolute Gasteiger partial charge is 0.237 e. The number of anilines is 1. The number of hydrogen-bond acceptors (Lipinski definition) is 4. The number of benzene rings is 1. The van der Waals surface area contributed by atoms with E-state index in [2.05, 4.69) is 10.3 Å². The summed E-state index contributed by atoms with van der Waals surface area (Å²) in [6.07, 6.45) is 4.22. The number of piperidine rings is 1. The number of aryl methyl sites for hydroxylation is 1. The van der Waals surface area contributed by atoms with Crippen molar-refractivity contribution in [1.82, 2.24) is 9.88 Å². The second kappa shape index (κ2) is 9.16. The maximum atomic E-state index is 12.5. The highest BCUT2D eigenvalue weighted by Gasteiger charge is 2.27. The molecule has 1 fully saturated rings. The predicted molar refractivity (Wildman–Crippen MR) is 103 cm³/mol. The molecule has 3 rings (SSSR count). The number of carbonyl (C=O) groups excluding carboxylic acids is 2. The topological polar surface area (TPSA) is 71.5 Å². The number of amides is 2. The third kappa shape index (κ3) is 5.06. The molecule has 142 valence electrons. The van der Waals surface area contributed by atoms with Gasteiger partial charge in [0.1, 0.15) is 5.69 Å². The maximum absolute atomic E-state index is 12.5. The van der Waals surface area contributed by atoms with Crippen LogP contribution in [0, 0.1) is 5.92 Å². The number of methoxy groups -OCH3 is 1. The first-order valence-electron chi connectivity index (χ1n) is 9.29. The summed E-state index contributed by atoms with van der Waals surface area (Å²) in [6, 6.07) is 13.6. The van der Waals surface area contributed by atoms with Crippen molar-refractivity contribution in [2.75, 3.05) is 25.5 Å². The Bertz CT molecular complexity index is 771. The third-order valence-electron chi connectivity index (χ3n) is 4.91. The number of ether oxygens (including phenoxy) is 1. The van der Waals surface area contributed by atoms with Crippen molar-refractivity contribution in [3.05, 3.63) is 54.2 Å². The van der Waals surface area contributed by atoms with E-state index in [4.69, 9.17) is 4.74 Å². The van der Waals surface area contributed by atoms with Gasteiger partial charge < -0.3 is 15.0 Å². The average molecular weight is 367 g/mol. The first kappa shape index (κ1) is 18.9. The Morgan fingerprint density at radius 1 is 1.15 bits per heavy atom. The van der Waals surface area contributed by atoms with Crippen LogP contribution in [0.25, 0.3) is 0 Å². The molecule has 2 heterocycles. The molecule has 27 heavy (non-hydrogen) atoms. The Kier molecular flexibility index (Phi) is 6.41. The number of aromatic nitrogens is 1. The fraction of sp³-hybridized carbons (Fsp3) is 0.381. The summed E-state index contributed by atoms with van der Waals surface area (Å²) in [5, 5.41) is 2.89. The van der Waals surface area contributed by atoms with Crippen molar-refractivity contribution in [3.63, 3.8) is 0 Å². The first-order chi connectivity index (χ1) is 13.2. The molecule has 1 N–H and O–H groups in total. The molecule has 0 atom stereocenters. The zero-order chi connectivity index (χ0) is 19.1. The van der Waals surface area contributed by atoms with Gasteiger partial charge in [0.25, 0.3) is 0 Å². The quantitative estimate of drug-likeness (QED) is 0.852. The Hall–Kier alpha value is -2.89. The minimum absolute atomic E-state index is 0.0438. The molecule has 1 saturated heterocycles. The number of nitrogens with one attached hydrogen (secondary N) is 1. The van der Waals surface area contributed by atoms with E-state index in [1.165, 1.54) is 12.7 Å². The lowest BCUT2D eigenvalue weighted by Crippen LogP contribution is -2.41. The summed E-state index contributed by atoms with van der Waals surface area (Å²) in [4.78, 5) is 30.9. The Labute approximate surface area is 159 Å². The van der Waals surface area contributed by atoms with E-state index in [0.717, 1.165) is 6.42 Å². The molecule has 0 bridgehead atoms.